The van der Waals surface area contributed by atoms with Gasteiger partial charge in [0.15, 0.2) is 0 Å². The molecule has 2 aliphatic heterocycles. The van der Waals surface area contributed by atoms with Crippen LogP contribution in [-0.2, 0) is 4.79 Å². The van der Waals surface area contributed by atoms with Crippen molar-refractivity contribution in [2.75, 3.05) is 36.5 Å². The van der Waals surface area contributed by atoms with Crippen molar-refractivity contribution >= 4 is 34.9 Å². The standard InChI is InChI=1S/C23H23ClF3N3O3/c1-28(17-4-2-16(24)3-5-17)21(32)29-13-10-22(11-14-29)12-15-30(20(22)31)18-6-8-19(9-7-18)33-23(25,26)27/h2-9H,10-15H2,1H3. The Hall–Kier alpha value is -2.94. The summed E-state index contributed by atoms with van der Waals surface area (Å²) in [5, 5.41) is 0.589. The van der Waals surface area contributed by atoms with E-state index in [1.807, 2.05) is 0 Å². The Balaban J connectivity index is 1.38. The van der Waals surface area contributed by atoms with E-state index in [9.17, 15) is 22.8 Å². The average molecular weight is 482 g/mol. The second kappa shape index (κ2) is 8.78. The Morgan fingerprint density at radius 1 is 1.00 bits per heavy atom. The first-order valence-corrected chi connectivity index (χ1v) is 10.9. The van der Waals surface area contributed by atoms with E-state index in [-0.39, 0.29) is 17.7 Å². The SMILES string of the molecule is CN(C(=O)N1CCC2(CC1)CCN(c1ccc(OC(F)(F)F)cc1)C2=O)c1ccc(Cl)cc1. The number of hydrogen-bond donors (Lipinski definition) is 0. The van der Waals surface area contributed by atoms with Crippen molar-refractivity contribution in [2.45, 2.75) is 25.6 Å². The lowest BCUT2D eigenvalue weighted by atomic mass is 9.77. The van der Waals surface area contributed by atoms with Crippen LogP contribution in [0.5, 0.6) is 5.75 Å². The lowest BCUT2D eigenvalue weighted by molar-refractivity contribution is -0.274. The number of amides is 3. The van der Waals surface area contributed by atoms with Crippen LogP contribution in [0.25, 0.3) is 0 Å². The number of hydrogen-bond acceptors (Lipinski definition) is 3. The van der Waals surface area contributed by atoms with Gasteiger partial charge in [-0.3, -0.25) is 9.69 Å². The maximum atomic E-state index is 13.2. The Kier molecular flexibility index (Phi) is 6.18. The Bertz CT molecular complexity index is 1020. The number of nitrogens with zero attached hydrogens (tertiary/aromatic N) is 3. The number of urea groups is 1. The van der Waals surface area contributed by atoms with Crippen LogP contribution in [0.2, 0.25) is 5.02 Å². The fraction of sp³-hybridized carbons (Fsp3) is 0.391. The fourth-order valence-electron chi connectivity index (χ4n) is 4.47. The highest BCUT2D eigenvalue weighted by Crippen LogP contribution is 2.43. The number of piperidine rings is 1. The lowest BCUT2D eigenvalue weighted by Crippen LogP contribution is -2.50. The van der Waals surface area contributed by atoms with Crippen LogP contribution >= 0.6 is 11.6 Å². The smallest absolute Gasteiger partial charge is 0.406 e. The van der Waals surface area contributed by atoms with Crippen molar-refractivity contribution < 1.29 is 27.5 Å². The van der Waals surface area contributed by atoms with Crippen molar-refractivity contribution in [3.05, 3.63) is 53.6 Å². The molecule has 0 radical (unpaired) electrons. The Morgan fingerprint density at radius 3 is 2.15 bits per heavy atom. The van der Waals surface area contributed by atoms with Gasteiger partial charge in [0.05, 0.1) is 5.41 Å². The molecule has 0 aromatic heterocycles. The van der Waals surface area contributed by atoms with Crippen molar-refractivity contribution in [3.63, 3.8) is 0 Å². The first-order valence-electron chi connectivity index (χ1n) is 10.5. The summed E-state index contributed by atoms with van der Waals surface area (Å²) in [6.07, 6.45) is -3.04. The highest BCUT2D eigenvalue weighted by atomic mass is 35.5. The molecule has 0 saturated carbocycles. The molecule has 33 heavy (non-hydrogen) atoms. The molecule has 2 aromatic carbocycles. The van der Waals surface area contributed by atoms with Crippen molar-refractivity contribution in [1.29, 1.82) is 0 Å². The number of halogens is 4. The number of carbonyl (C=O) groups is 2. The molecular weight excluding hydrogens is 459 g/mol. The van der Waals surface area contributed by atoms with Gasteiger partial charge in [-0.1, -0.05) is 11.6 Å². The number of ether oxygens (including phenoxy) is 1. The molecule has 6 nitrogen and oxygen atoms in total. The summed E-state index contributed by atoms with van der Waals surface area (Å²) in [5.41, 5.74) is 0.703. The van der Waals surface area contributed by atoms with E-state index >= 15 is 0 Å². The minimum Gasteiger partial charge on any atom is -0.406 e. The van der Waals surface area contributed by atoms with Crippen LogP contribution in [0.4, 0.5) is 29.3 Å². The number of benzene rings is 2. The normalized spacial score (nSPS) is 18.0. The topological polar surface area (TPSA) is 53.1 Å². The number of likely N-dealkylation sites (tertiary alicyclic amines) is 1. The van der Waals surface area contributed by atoms with E-state index in [1.54, 1.807) is 46.0 Å². The summed E-state index contributed by atoms with van der Waals surface area (Å²) in [5.74, 6) is -0.380. The minimum absolute atomic E-state index is 0.0508. The molecule has 1 spiro atoms. The van der Waals surface area contributed by atoms with Crippen LogP contribution in [0.3, 0.4) is 0 Å². The zero-order valence-electron chi connectivity index (χ0n) is 17.9. The quantitative estimate of drug-likeness (QED) is 0.596. The number of anilines is 2. The first-order chi connectivity index (χ1) is 15.6. The molecule has 10 heteroatoms. The molecule has 2 saturated heterocycles. The highest BCUT2D eigenvalue weighted by molar-refractivity contribution is 6.30. The van der Waals surface area contributed by atoms with Gasteiger partial charge in [-0.15, -0.1) is 13.2 Å². The molecule has 2 fully saturated rings. The van der Waals surface area contributed by atoms with Gasteiger partial charge < -0.3 is 14.5 Å². The molecule has 2 aromatic rings. The second-order valence-corrected chi connectivity index (χ2v) is 8.77. The monoisotopic (exact) mass is 481 g/mol. The molecule has 3 amide bonds. The van der Waals surface area contributed by atoms with Gasteiger partial charge in [0.2, 0.25) is 5.91 Å². The first kappa shape index (κ1) is 23.2. The highest BCUT2D eigenvalue weighted by Gasteiger charge is 2.49. The summed E-state index contributed by atoms with van der Waals surface area (Å²) in [6.45, 7) is 1.39. The van der Waals surface area contributed by atoms with E-state index in [2.05, 4.69) is 4.74 Å². The van der Waals surface area contributed by atoms with Gasteiger partial charge in [-0.25, -0.2) is 4.79 Å². The van der Waals surface area contributed by atoms with Gasteiger partial charge in [0.25, 0.3) is 0 Å². The predicted octanol–water partition coefficient (Wildman–Crippen LogP) is 5.31. The van der Waals surface area contributed by atoms with E-state index in [0.29, 0.717) is 49.6 Å². The molecule has 2 heterocycles. The molecule has 0 N–H and O–H groups in total. The summed E-state index contributed by atoms with van der Waals surface area (Å²) in [7, 11) is 1.70. The molecule has 0 aliphatic carbocycles. The van der Waals surface area contributed by atoms with E-state index in [1.165, 1.54) is 24.3 Å². The van der Waals surface area contributed by atoms with Crippen LogP contribution in [0.15, 0.2) is 48.5 Å². The van der Waals surface area contributed by atoms with Crippen LogP contribution in [0, 0.1) is 5.41 Å². The van der Waals surface area contributed by atoms with E-state index in [0.717, 1.165) is 5.69 Å². The van der Waals surface area contributed by atoms with Crippen LogP contribution in [0.1, 0.15) is 19.3 Å². The van der Waals surface area contributed by atoms with Crippen molar-refractivity contribution in [2.24, 2.45) is 5.41 Å². The average Bonchev–Trinajstić information content (AvgIpc) is 3.09. The molecule has 0 atom stereocenters. The zero-order chi connectivity index (χ0) is 23.8. The van der Waals surface area contributed by atoms with Crippen molar-refractivity contribution in [1.82, 2.24) is 4.90 Å². The third kappa shape index (κ3) is 4.88. The fourth-order valence-corrected chi connectivity index (χ4v) is 4.60. The second-order valence-electron chi connectivity index (χ2n) is 8.33. The van der Waals surface area contributed by atoms with Crippen LogP contribution in [-0.4, -0.2) is 49.9 Å². The Labute approximate surface area is 194 Å². The molecular formula is C23H23ClF3N3O3. The minimum atomic E-state index is -4.76. The number of carbonyl (C=O) groups excluding carboxylic acids is 2. The molecule has 0 bridgehead atoms. The maximum absolute atomic E-state index is 13.2. The van der Waals surface area contributed by atoms with Crippen molar-refractivity contribution in [3.8, 4) is 5.75 Å². The summed E-state index contributed by atoms with van der Waals surface area (Å²) in [4.78, 5) is 31.1. The molecule has 176 valence electrons. The van der Waals surface area contributed by atoms with Gasteiger partial charge in [0, 0.05) is 43.1 Å². The third-order valence-electron chi connectivity index (χ3n) is 6.39. The summed E-state index contributed by atoms with van der Waals surface area (Å²) >= 11 is 5.92. The van der Waals surface area contributed by atoms with Gasteiger partial charge in [-0.05, 0) is 67.8 Å². The van der Waals surface area contributed by atoms with E-state index < -0.39 is 11.8 Å². The lowest BCUT2D eigenvalue weighted by Gasteiger charge is -2.39. The predicted molar refractivity (Wildman–Crippen MR) is 119 cm³/mol. The van der Waals surface area contributed by atoms with E-state index in [4.69, 9.17) is 11.6 Å². The zero-order valence-corrected chi connectivity index (χ0v) is 18.7. The molecule has 4 rings (SSSR count). The van der Waals surface area contributed by atoms with Gasteiger partial charge >= 0.3 is 12.4 Å². The largest absolute Gasteiger partial charge is 0.573 e. The van der Waals surface area contributed by atoms with Gasteiger partial charge in [-0.2, -0.15) is 0 Å². The van der Waals surface area contributed by atoms with Crippen LogP contribution < -0.4 is 14.5 Å². The Morgan fingerprint density at radius 2 is 1.58 bits per heavy atom. The summed E-state index contributed by atoms with van der Waals surface area (Å²) < 4.78 is 41.0. The summed E-state index contributed by atoms with van der Waals surface area (Å²) in [6, 6.07) is 12.2. The van der Waals surface area contributed by atoms with Gasteiger partial charge in [0.1, 0.15) is 5.75 Å². The number of rotatable bonds is 3. The molecule has 2 aliphatic rings. The maximum Gasteiger partial charge on any atom is 0.573 e. The third-order valence-corrected chi connectivity index (χ3v) is 6.64. The number of alkyl halides is 3. The molecule has 0 unspecified atom stereocenters.